The maximum absolute atomic E-state index is 5.52. The number of nitrogens with zero attached hydrogens (tertiary/aromatic N) is 1. The number of likely N-dealkylation sites (N-methyl/N-ethyl adjacent to an activating group) is 1. The Hall–Kier alpha value is 0.0748. The monoisotopic (exact) mass is 219 g/mol. The summed E-state index contributed by atoms with van der Waals surface area (Å²) >= 11 is 0. The highest BCUT2D eigenvalue weighted by Crippen LogP contribution is 2.12. The van der Waals surface area contributed by atoms with E-state index in [0.717, 1.165) is 13.1 Å². The van der Waals surface area contributed by atoms with Gasteiger partial charge in [0.1, 0.15) is 0 Å². The standard InChI is InChI=1S/C8H14B3NO2.C2H6/c1-6(14-8(9,10)11)7-5-12(2)3-4-13-7;1-2/h6-7H,3-5H2,1-2H3;1-2H3. The Morgan fingerprint density at radius 3 is 2.38 bits per heavy atom. The van der Waals surface area contributed by atoms with E-state index in [0.29, 0.717) is 6.61 Å². The van der Waals surface area contributed by atoms with Gasteiger partial charge in [-0.3, -0.25) is 0 Å². The molecule has 0 aromatic heterocycles. The normalized spacial score (nSPS) is 24.4. The maximum atomic E-state index is 5.52. The average molecular weight is 219 g/mol. The highest BCUT2D eigenvalue weighted by Gasteiger charge is 2.26. The van der Waals surface area contributed by atoms with E-state index in [-0.39, 0.29) is 12.2 Å². The molecule has 1 aliphatic rings. The third kappa shape index (κ3) is 6.61. The van der Waals surface area contributed by atoms with Crippen molar-refractivity contribution in [1.82, 2.24) is 4.90 Å². The fraction of sp³-hybridized carbons (Fsp3) is 1.00. The predicted molar refractivity (Wildman–Crippen MR) is 69.1 cm³/mol. The Bertz CT molecular complexity index is 187. The second kappa shape index (κ2) is 7.41. The number of hydrogen-bond acceptors (Lipinski definition) is 3. The van der Waals surface area contributed by atoms with Crippen molar-refractivity contribution < 1.29 is 9.47 Å². The van der Waals surface area contributed by atoms with Crippen LogP contribution in [0.5, 0.6) is 0 Å². The maximum Gasteiger partial charge on any atom is 0.0959 e. The highest BCUT2D eigenvalue weighted by molar-refractivity contribution is 6.58. The summed E-state index contributed by atoms with van der Waals surface area (Å²) < 4.78 is 10.7. The van der Waals surface area contributed by atoms with Gasteiger partial charge in [0, 0.05) is 13.1 Å². The van der Waals surface area contributed by atoms with Gasteiger partial charge in [-0.1, -0.05) is 13.8 Å². The van der Waals surface area contributed by atoms with E-state index in [9.17, 15) is 0 Å². The quantitative estimate of drug-likeness (QED) is 0.616. The highest BCUT2D eigenvalue weighted by atomic mass is 16.5. The van der Waals surface area contributed by atoms with Crippen LogP contribution in [0.1, 0.15) is 20.8 Å². The smallest absolute Gasteiger partial charge is 0.0959 e. The molecule has 0 spiro atoms. The summed E-state index contributed by atoms with van der Waals surface area (Å²) in [4.78, 5) is 2.17. The molecule has 6 radical (unpaired) electrons. The van der Waals surface area contributed by atoms with Gasteiger partial charge in [-0.25, -0.2) is 0 Å². The lowest BCUT2D eigenvalue weighted by atomic mass is 9.52. The van der Waals surface area contributed by atoms with E-state index >= 15 is 0 Å². The molecular formula is C10H20B3NO2. The van der Waals surface area contributed by atoms with Crippen molar-refractivity contribution in [1.29, 1.82) is 0 Å². The number of rotatable bonds is 3. The first-order chi connectivity index (χ1) is 7.38. The van der Waals surface area contributed by atoms with Crippen LogP contribution in [0.4, 0.5) is 0 Å². The first kappa shape index (κ1) is 16.1. The van der Waals surface area contributed by atoms with E-state index in [2.05, 4.69) is 4.90 Å². The topological polar surface area (TPSA) is 21.7 Å². The Kier molecular flexibility index (Phi) is 7.44. The second-order valence-electron chi connectivity index (χ2n) is 3.85. The minimum atomic E-state index is -1.58. The summed E-state index contributed by atoms with van der Waals surface area (Å²) in [6, 6.07) is 0. The molecule has 6 heteroatoms. The van der Waals surface area contributed by atoms with Crippen molar-refractivity contribution >= 4 is 23.5 Å². The lowest BCUT2D eigenvalue weighted by molar-refractivity contribution is -0.103. The van der Waals surface area contributed by atoms with Crippen LogP contribution in [0.2, 0.25) is 0 Å². The Labute approximate surface area is 103 Å². The van der Waals surface area contributed by atoms with Gasteiger partial charge in [0.05, 0.1) is 42.4 Å². The minimum Gasteiger partial charge on any atom is -0.397 e. The van der Waals surface area contributed by atoms with Crippen LogP contribution in [-0.2, 0) is 9.47 Å². The summed E-state index contributed by atoms with van der Waals surface area (Å²) in [5.41, 5.74) is 0. The Morgan fingerprint density at radius 1 is 1.38 bits per heavy atom. The van der Waals surface area contributed by atoms with Gasteiger partial charge < -0.3 is 14.4 Å². The Morgan fingerprint density at radius 2 is 1.94 bits per heavy atom. The van der Waals surface area contributed by atoms with Gasteiger partial charge in [0.2, 0.25) is 0 Å². The zero-order chi connectivity index (χ0) is 12.8. The molecule has 2 atom stereocenters. The van der Waals surface area contributed by atoms with Crippen LogP contribution in [0.15, 0.2) is 0 Å². The van der Waals surface area contributed by atoms with Gasteiger partial charge in [-0.05, 0) is 19.3 Å². The molecule has 1 rings (SSSR count). The molecule has 0 bridgehead atoms. The van der Waals surface area contributed by atoms with Gasteiger partial charge in [0.15, 0.2) is 0 Å². The third-order valence-electron chi connectivity index (χ3n) is 2.21. The van der Waals surface area contributed by atoms with Gasteiger partial charge in [-0.2, -0.15) is 0 Å². The van der Waals surface area contributed by atoms with Gasteiger partial charge >= 0.3 is 0 Å². The van der Waals surface area contributed by atoms with Crippen molar-refractivity contribution in [2.75, 3.05) is 26.7 Å². The van der Waals surface area contributed by atoms with Gasteiger partial charge in [0.25, 0.3) is 0 Å². The number of morpholine rings is 1. The molecule has 0 aliphatic carbocycles. The molecule has 1 saturated heterocycles. The molecule has 1 heterocycles. The SMILES string of the molecule is CC.[B]C([B])([B])OC(C)C1CN(C)CCO1. The summed E-state index contributed by atoms with van der Waals surface area (Å²) in [6.45, 7) is 8.28. The van der Waals surface area contributed by atoms with Crippen molar-refractivity contribution in [3.63, 3.8) is 0 Å². The van der Waals surface area contributed by atoms with Crippen molar-refractivity contribution in [2.24, 2.45) is 0 Å². The van der Waals surface area contributed by atoms with Crippen LogP contribution in [0, 0.1) is 0 Å². The lowest BCUT2D eigenvalue weighted by Gasteiger charge is -2.37. The largest absolute Gasteiger partial charge is 0.397 e. The van der Waals surface area contributed by atoms with E-state index in [4.69, 9.17) is 33.0 Å². The Balaban J connectivity index is 0.00000106. The van der Waals surface area contributed by atoms with Crippen molar-refractivity contribution in [3.05, 3.63) is 0 Å². The third-order valence-corrected chi connectivity index (χ3v) is 2.21. The summed E-state index contributed by atoms with van der Waals surface area (Å²) in [5.74, 6) is 0. The minimum absolute atomic E-state index is 0.0243. The van der Waals surface area contributed by atoms with Crippen LogP contribution >= 0.6 is 0 Å². The molecule has 16 heavy (non-hydrogen) atoms. The zero-order valence-electron chi connectivity index (χ0n) is 10.8. The van der Waals surface area contributed by atoms with Crippen LogP contribution in [0.3, 0.4) is 0 Å². The van der Waals surface area contributed by atoms with Crippen LogP contribution in [-0.4, -0.2) is 72.7 Å². The average Bonchev–Trinajstić information content (AvgIpc) is 2.18. The summed E-state index contributed by atoms with van der Waals surface area (Å²) in [6.07, 6.45) is -0.235. The molecule has 1 fully saturated rings. The van der Waals surface area contributed by atoms with Crippen molar-refractivity contribution in [3.8, 4) is 0 Å². The number of ether oxygens (including phenoxy) is 2. The van der Waals surface area contributed by atoms with Gasteiger partial charge in [-0.15, -0.1) is 0 Å². The molecule has 0 N–H and O–H groups in total. The molecule has 1 aliphatic heterocycles. The molecule has 3 nitrogen and oxygen atoms in total. The summed E-state index contributed by atoms with van der Waals surface area (Å²) in [5, 5.41) is -1.58. The second-order valence-corrected chi connectivity index (χ2v) is 3.85. The van der Waals surface area contributed by atoms with E-state index in [1.165, 1.54) is 0 Å². The van der Waals surface area contributed by atoms with E-state index < -0.39 is 5.30 Å². The predicted octanol–water partition coefficient (Wildman–Crippen LogP) is -0.135. The summed E-state index contributed by atoms with van der Waals surface area (Å²) in [7, 11) is 18.1. The molecular weight excluding hydrogens is 199 g/mol. The molecule has 2 unspecified atom stereocenters. The molecule has 86 valence electrons. The van der Waals surface area contributed by atoms with Crippen LogP contribution in [0.25, 0.3) is 0 Å². The van der Waals surface area contributed by atoms with Crippen molar-refractivity contribution in [2.45, 2.75) is 38.3 Å². The molecule has 0 aromatic rings. The zero-order valence-corrected chi connectivity index (χ0v) is 10.8. The molecule has 0 aromatic carbocycles. The fourth-order valence-corrected chi connectivity index (χ4v) is 1.49. The molecule has 0 amide bonds. The first-order valence-electron chi connectivity index (χ1n) is 5.73. The number of hydrogen-bond donors (Lipinski definition) is 0. The fourth-order valence-electron chi connectivity index (χ4n) is 1.49. The lowest BCUT2D eigenvalue weighted by Crippen LogP contribution is -2.49. The first-order valence-corrected chi connectivity index (χ1v) is 5.73. The van der Waals surface area contributed by atoms with Crippen LogP contribution < -0.4 is 0 Å². The van der Waals surface area contributed by atoms with E-state index in [1.807, 2.05) is 27.8 Å². The molecule has 0 saturated carbocycles. The van der Waals surface area contributed by atoms with E-state index in [1.54, 1.807) is 0 Å².